The number of hydrogen-bond acceptors (Lipinski definition) is 3. The number of rotatable bonds is 9. The van der Waals surface area contributed by atoms with Crippen LogP contribution in [0.25, 0.3) is 0 Å². The largest absolute Gasteiger partial charge is 0.355 e. The third-order valence-corrected chi connectivity index (χ3v) is 3.48. The molecule has 0 radical (unpaired) electrons. The minimum absolute atomic E-state index is 0.0617. The average Bonchev–Trinajstić information content (AvgIpc) is 2.48. The molecular formula is C16H27N3O. The van der Waals surface area contributed by atoms with Crippen LogP contribution < -0.4 is 11.1 Å². The second kappa shape index (κ2) is 9.50. The summed E-state index contributed by atoms with van der Waals surface area (Å²) in [4.78, 5) is 14.2. The molecule has 0 saturated carbocycles. The zero-order chi connectivity index (χ0) is 14.8. The SMILES string of the molecule is CCN(CC)CCCNC(=O)[C@@H](N)Cc1ccccc1. The molecule has 0 aliphatic rings. The quantitative estimate of drug-likeness (QED) is 0.671. The van der Waals surface area contributed by atoms with Gasteiger partial charge in [0.25, 0.3) is 0 Å². The maximum Gasteiger partial charge on any atom is 0.237 e. The Bertz CT molecular complexity index is 377. The smallest absolute Gasteiger partial charge is 0.237 e. The second-order valence-corrected chi connectivity index (χ2v) is 4.97. The first-order valence-electron chi connectivity index (χ1n) is 7.47. The molecule has 1 aromatic rings. The Morgan fingerprint density at radius 3 is 2.50 bits per heavy atom. The van der Waals surface area contributed by atoms with E-state index in [-0.39, 0.29) is 5.91 Å². The van der Waals surface area contributed by atoms with Gasteiger partial charge in [-0.1, -0.05) is 44.2 Å². The van der Waals surface area contributed by atoms with Crippen molar-refractivity contribution < 1.29 is 4.79 Å². The van der Waals surface area contributed by atoms with Crippen LogP contribution in [0, 0.1) is 0 Å². The van der Waals surface area contributed by atoms with Crippen LogP contribution in [0.4, 0.5) is 0 Å². The van der Waals surface area contributed by atoms with Gasteiger partial charge in [0.15, 0.2) is 0 Å². The van der Waals surface area contributed by atoms with Crippen LogP contribution in [-0.4, -0.2) is 43.0 Å². The molecule has 4 nitrogen and oxygen atoms in total. The van der Waals surface area contributed by atoms with Crippen LogP contribution in [0.3, 0.4) is 0 Å². The third-order valence-electron chi connectivity index (χ3n) is 3.48. The standard InChI is InChI=1S/C16H27N3O/c1-3-19(4-2)12-8-11-18-16(20)15(17)13-14-9-6-5-7-10-14/h5-7,9-10,15H,3-4,8,11-13,17H2,1-2H3,(H,18,20)/t15-/m0/s1. The fourth-order valence-electron chi connectivity index (χ4n) is 2.15. The molecule has 0 spiro atoms. The fourth-order valence-corrected chi connectivity index (χ4v) is 2.15. The third kappa shape index (κ3) is 6.17. The van der Waals surface area contributed by atoms with Crippen LogP contribution >= 0.6 is 0 Å². The van der Waals surface area contributed by atoms with Crippen molar-refractivity contribution in [2.75, 3.05) is 26.2 Å². The number of carbonyl (C=O) groups is 1. The lowest BCUT2D eigenvalue weighted by atomic mass is 10.1. The first kappa shape index (κ1) is 16.7. The summed E-state index contributed by atoms with van der Waals surface area (Å²) in [5.74, 6) is -0.0617. The van der Waals surface area contributed by atoms with Gasteiger partial charge in [-0.2, -0.15) is 0 Å². The Morgan fingerprint density at radius 1 is 1.25 bits per heavy atom. The van der Waals surface area contributed by atoms with Crippen LogP contribution in [0.5, 0.6) is 0 Å². The summed E-state index contributed by atoms with van der Waals surface area (Å²) in [5, 5.41) is 2.92. The molecule has 0 heterocycles. The Hall–Kier alpha value is -1.39. The molecule has 3 N–H and O–H groups in total. The number of amides is 1. The zero-order valence-corrected chi connectivity index (χ0v) is 12.6. The highest BCUT2D eigenvalue weighted by atomic mass is 16.2. The molecule has 20 heavy (non-hydrogen) atoms. The Balaban J connectivity index is 2.22. The van der Waals surface area contributed by atoms with E-state index in [1.165, 1.54) is 0 Å². The van der Waals surface area contributed by atoms with E-state index >= 15 is 0 Å². The number of nitrogens with one attached hydrogen (secondary N) is 1. The van der Waals surface area contributed by atoms with Gasteiger partial charge in [0.1, 0.15) is 0 Å². The normalized spacial score (nSPS) is 12.4. The van der Waals surface area contributed by atoms with E-state index in [0.717, 1.165) is 31.6 Å². The molecule has 0 aromatic heterocycles. The summed E-state index contributed by atoms with van der Waals surface area (Å²) in [6.45, 7) is 8.12. The molecule has 0 aliphatic heterocycles. The van der Waals surface area contributed by atoms with Gasteiger partial charge in [0, 0.05) is 6.54 Å². The van der Waals surface area contributed by atoms with Gasteiger partial charge in [-0.05, 0) is 38.0 Å². The van der Waals surface area contributed by atoms with E-state index < -0.39 is 6.04 Å². The van der Waals surface area contributed by atoms with Gasteiger partial charge in [-0.25, -0.2) is 0 Å². The van der Waals surface area contributed by atoms with E-state index in [9.17, 15) is 4.79 Å². The lowest BCUT2D eigenvalue weighted by Crippen LogP contribution is -2.42. The van der Waals surface area contributed by atoms with Crippen molar-refractivity contribution in [3.8, 4) is 0 Å². The number of hydrogen-bond donors (Lipinski definition) is 2. The van der Waals surface area contributed by atoms with Gasteiger partial charge in [-0.3, -0.25) is 4.79 Å². The Morgan fingerprint density at radius 2 is 1.90 bits per heavy atom. The monoisotopic (exact) mass is 277 g/mol. The molecule has 0 bridgehead atoms. The first-order valence-corrected chi connectivity index (χ1v) is 7.47. The molecule has 0 unspecified atom stereocenters. The van der Waals surface area contributed by atoms with Crippen molar-refractivity contribution in [1.29, 1.82) is 0 Å². The maximum absolute atomic E-state index is 11.9. The highest BCUT2D eigenvalue weighted by Crippen LogP contribution is 2.01. The summed E-state index contributed by atoms with van der Waals surface area (Å²) < 4.78 is 0. The van der Waals surface area contributed by atoms with Crippen LogP contribution in [0.1, 0.15) is 25.8 Å². The topological polar surface area (TPSA) is 58.4 Å². The number of nitrogens with two attached hydrogens (primary N) is 1. The number of benzene rings is 1. The lowest BCUT2D eigenvalue weighted by Gasteiger charge is -2.18. The molecule has 1 aromatic carbocycles. The van der Waals surface area contributed by atoms with Crippen LogP contribution in [0.15, 0.2) is 30.3 Å². The molecular weight excluding hydrogens is 250 g/mol. The van der Waals surface area contributed by atoms with Crippen molar-refractivity contribution in [2.24, 2.45) is 5.73 Å². The number of carbonyl (C=O) groups excluding carboxylic acids is 1. The highest BCUT2D eigenvalue weighted by molar-refractivity contribution is 5.81. The second-order valence-electron chi connectivity index (χ2n) is 4.97. The zero-order valence-electron chi connectivity index (χ0n) is 12.6. The molecule has 1 rings (SSSR count). The van der Waals surface area contributed by atoms with Crippen molar-refractivity contribution >= 4 is 5.91 Å². The Kier molecular flexibility index (Phi) is 7.92. The van der Waals surface area contributed by atoms with Gasteiger partial charge >= 0.3 is 0 Å². The molecule has 112 valence electrons. The van der Waals surface area contributed by atoms with Gasteiger partial charge in [0.05, 0.1) is 6.04 Å². The molecule has 0 saturated heterocycles. The fraction of sp³-hybridized carbons (Fsp3) is 0.562. The molecule has 4 heteroatoms. The van der Waals surface area contributed by atoms with E-state index in [0.29, 0.717) is 13.0 Å². The van der Waals surface area contributed by atoms with E-state index in [1.54, 1.807) is 0 Å². The minimum Gasteiger partial charge on any atom is -0.355 e. The predicted octanol–water partition coefficient (Wildman–Crippen LogP) is 1.40. The molecule has 0 fully saturated rings. The summed E-state index contributed by atoms with van der Waals surface area (Å²) in [7, 11) is 0. The van der Waals surface area contributed by atoms with Crippen molar-refractivity contribution in [2.45, 2.75) is 32.7 Å². The number of nitrogens with zero attached hydrogens (tertiary/aromatic N) is 1. The van der Waals surface area contributed by atoms with Gasteiger partial charge < -0.3 is 16.0 Å². The van der Waals surface area contributed by atoms with Crippen molar-refractivity contribution in [1.82, 2.24) is 10.2 Å². The first-order chi connectivity index (χ1) is 9.67. The minimum atomic E-state index is -0.467. The van der Waals surface area contributed by atoms with E-state index in [4.69, 9.17) is 5.73 Å². The van der Waals surface area contributed by atoms with Gasteiger partial charge in [0.2, 0.25) is 5.91 Å². The summed E-state index contributed by atoms with van der Waals surface area (Å²) in [6.07, 6.45) is 1.55. The molecule has 1 amide bonds. The van der Waals surface area contributed by atoms with E-state index in [2.05, 4.69) is 24.1 Å². The van der Waals surface area contributed by atoms with E-state index in [1.807, 2.05) is 30.3 Å². The Labute approximate surface area is 122 Å². The molecule has 0 aliphatic carbocycles. The summed E-state index contributed by atoms with van der Waals surface area (Å²) in [6, 6.07) is 9.41. The van der Waals surface area contributed by atoms with Crippen molar-refractivity contribution in [3.63, 3.8) is 0 Å². The maximum atomic E-state index is 11.9. The molecule has 1 atom stereocenters. The highest BCUT2D eigenvalue weighted by Gasteiger charge is 2.13. The summed E-state index contributed by atoms with van der Waals surface area (Å²) >= 11 is 0. The van der Waals surface area contributed by atoms with Crippen molar-refractivity contribution in [3.05, 3.63) is 35.9 Å². The summed E-state index contributed by atoms with van der Waals surface area (Å²) in [5.41, 5.74) is 7.02. The van der Waals surface area contributed by atoms with Crippen LogP contribution in [0.2, 0.25) is 0 Å². The van der Waals surface area contributed by atoms with Gasteiger partial charge in [-0.15, -0.1) is 0 Å². The average molecular weight is 277 g/mol. The van der Waals surface area contributed by atoms with Crippen LogP contribution in [-0.2, 0) is 11.2 Å². The predicted molar refractivity (Wildman–Crippen MR) is 83.5 cm³/mol. The lowest BCUT2D eigenvalue weighted by molar-refractivity contribution is -0.122.